The van der Waals surface area contributed by atoms with Crippen LogP contribution in [-0.2, 0) is 0 Å². The van der Waals surface area contributed by atoms with Gasteiger partial charge in [-0.2, -0.15) is 0 Å². The van der Waals surface area contributed by atoms with Gasteiger partial charge in [0, 0.05) is 32.9 Å². The average molecular weight is 661 g/mol. The summed E-state index contributed by atoms with van der Waals surface area (Å²) < 4.78 is 4.91. The standard InChI is InChI=1S/C50H32N2/c1-2-10-33(11-3-1)36-18-20-37(21-19-36)40-24-27-46-44(32-40)50-48(52(46)42-26-23-35-13-5-7-15-39(35)31-42)29-28-47-49(50)43-16-8-9-17-45(43)51(47)41-25-22-34-12-4-6-14-38(34)30-41/h1-32H. The molecular formula is C50H32N2. The van der Waals surface area contributed by atoms with Crippen LogP contribution in [0.4, 0.5) is 0 Å². The van der Waals surface area contributed by atoms with Crippen LogP contribution in [-0.4, -0.2) is 9.13 Å². The van der Waals surface area contributed by atoms with Crippen LogP contribution in [0.3, 0.4) is 0 Å². The summed E-state index contributed by atoms with van der Waals surface area (Å²) in [5.74, 6) is 0. The van der Waals surface area contributed by atoms with Gasteiger partial charge in [0.25, 0.3) is 0 Å². The summed E-state index contributed by atoms with van der Waals surface area (Å²) >= 11 is 0. The normalized spacial score (nSPS) is 11.8. The minimum absolute atomic E-state index is 1.16. The zero-order valence-corrected chi connectivity index (χ0v) is 28.4. The van der Waals surface area contributed by atoms with Crippen LogP contribution in [0.15, 0.2) is 194 Å². The van der Waals surface area contributed by atoms with Crippen LogP contribution in [0, 0.1) is 0 Å². The van der Waals surface area contributed by atoms with Crippen LogP contribution < -0.4 is 0 Å². The molecule has 2 nitrogen and oxygen atoms in total. The Kier molecular flexibility index (Phi) is 6.28. The van der Waals surface area contributed by atoms with Crippen LogP contribution in [0.1, 0.15) is 0 Å². The number of hydrogen-bond donors (Lipinski definition) is 0. The third kappa shape index (κ3) is 4.38. The smallest absolute Gasteiger partial charge is 0.0548 e. The van der Waals surface area contributed by atoms with E-state index in [1.165, 1.54) is 93.1 Å². The molecular weight excluding hydrogens is 629 g/mol. The summed E-state index contributed by atoms with van der Waals surface area (Å²) in [7, 11) is 0. The van der Waals surface area contributed by atoms with Crippen LogP contribution in [0.5, 0.6) is 0 Å². The first-order chi connectivity index (χ1) is 25.8. The Morgan fingerprint density at radius 3 is 1.33 bits per heavy atom. The molecule has 0 bridgehead atoms. The molecule has 0 amide bonds. The summed E-state index contributed by atoms with van der Waals surface area (Å²) in [6.45, 7) is 0. The Hall–Kier alpha value is -6.90. The SMILES string of the molecule is c1ccc(-c2ccc(-c3ccc4c(c3)c3c5c6ccccc6n(-c6ccc7ccccc7c6)c5ccc3n4-c3ccc4ccccc4c3)cc2)cc1. The fourth-order valence-corrected chi connectivity index (χ4v) is 8.42. The molecule has 2 aromatic heterocycles. The fraction of sp³-hybridized carbons (Fsp3) is 0. The van der Waals surface area contributed by atoms with E-state index in [2.05, 4.69) is 203 Å². The van der Waals surface area contributed by atoms with Crippen LogP contribution in [0.25, 0.3) is 98.8 Å². The Labute approximate surface area is 301 Å². The van der Waals surface area contributed by atoms with Crippen molar-refractivity contribution in [1.29, 1.82) is 0 Å². The van der Waals surface area contributed by atoms with E-state index < -0.39 is 0 Å². The van der Waals surface area contributed by atoms with Crippen molar-refractivity contribution in [2.75, 3.05) is 0 Å². The highest BCUT2D eigenvalue weighted by molar-refractivity contribution is 6.29. The molecule has 0 N–H and O–H groups in total. The zero-order chi connectivity index (χ0) is 34.2. The highest BCUT2D eigenvalue weighted by Crippen LogP contribution is 2.44. The molecule has 0 aliphatic carbocycles. The van der Waals surface area contributed by atoms with Gasteiger partial charge >= 0.3 is 0 Å². The molecule has 0 atom stereocenters. The summed E-state index contributed by atoms with van der Waals surface area (Å²) in [5.41, 5.74) is 12.0. The number of nitrogens with zero attached hydrogens (tertiary/aromatic N) is 2. The molecule has 0 aliphatic heterocycles. The molecule has 0 fully saturated rings. The lowest BCUT2D eigenvalue weighted by atomic mass is 9.98. The largest absolute Gasteiger partial charge is 0.309 e. The summed E-state index contributed by atoms with van der Waals surface area (Å²) in [6.07, 6.45) is 0. The van der Waals surface area contributed by atoms with Crippen molar-refractivity contribution in [3.05, 3.63) is 194 Å². The third-order valence-electron chi connectivity index (χ3n) is 10.9. The van der Waals surface area contributed by atoms with Gasteiger partial charge in [-0.05, 0) is 98.4 Å². The Morgan fingerprint density at radius 1 is 0.250 bits per heavy atom. The van der Waals surface area contributed by atoms with Gasteiger partial charge in [0.05, 0.1) is 22.1 Å². The predicted molar refractivity (Wildman–Crippen MR) is 221 cm³/mol. The molecule has 242 valence electrons. The van der Waals surface area contributed by atoms with Gasteiger partial charge in [0.15, 0.2) is 0 Å². The second kappa shape index (κ2) is 11.3. The molecule has 9 aromatic carbocycles. The van der Waals surface area contributed by atoms with Crippen molar-refractivity contribution < 1.29 is 0 Å². The first-order valence-electron chi connectivity index (χ1n) is 17.9. The van der Waals surface area contributed by atoms with Crippen molar-refractivity contribution in [3.63, 3.8) is 0 Å². The average Bonchev–Trinajstić information content (AvgIpc) is 3.73. The molecule has 11 rings (SSSR count). The molecule has 0 saturated carbocycles. The minimum atomic E-state index is 1.16. The predicted octanol–water partition coefficient (Wildman–Crippen LogP) is 13.5. The van der Waals surface area contributed by atoms with E-state index >= 15 is 0 Å². The van der Waals surface area contributed by atoms with Crippen molar-refractivity contribution in [1.82, 2.24) is 9.13 Å². The molecule has 11 aromatic rings. The molecule has 0 radical (unpaired) electrons. The van der Waals surface area contributed by atoms with Gasteiger partial charge in [-0.25, -0.2) is 0 Å². The van der Waals surface area contributed by atoms with Crippen molar-refractivity contribution in [2.45, 2.75) is 0 Å². The lowest BCUT2D eigenvalue weighted by Crippen LogP contribution is -1.95. The van der Waals surface area contributed by atoms with Crippen LogP contribution >= 0.6 is 0 Å². The molecule has 52 heavy (non-hydrogen) atoms. The van der Waals surface area contributed by atoms with E-state index in [4.69, 9.17) is 0 Å². The topological polar surface area (TPSA) is 9.86 Å². The number of benzene rings is 9. The first-order valence-corrected chi connectivity index (χ1v) is 17.9. The van der Waals surface area contributed by atoms with Crippen LogP contribution in [0.2, 0.25) is 0 Å². The second-order valence-electron chi connectivity index (χ2n) is 13.8. The number of para-hydroxylation sites is 1. The number of fused-ring (bicyclic) bond motifs is 9. The molecule has 0 spiro atoms. The minimum Gasteiger partial charge on any atom is -0.309 e. The maximum absolute atomic E-state index is 2.46. The van der Waals surface area contributed by atoms with Crippen molar-refractivity contribution in [3.8, 4) is 33.6 Å². The molecule has 2 heterocycles. The van der Waals surface area contributed by atoms with Gasteiger partial charge in [-0.1, -0.05) is 140 Å². The number of aromatic nitrogens is 2. The van der Waals surface area contributed by atoms with Gasteiger partial charge in [-0.15, -0.1) is 0 Å². The van der Waals surface area contributed by atoms with E-state index in [9.17, 15) is 0 Å². The molecule has 0 aliphatic rings. The monoisotopic (exact) mass is 660 g/mol. The highest BCUT2D eigenvalue weighted by Gasteiger charge is 2.21. The van der Waals surface area contributed by atoms with E-state index in [0.29, 0.717) is 0 Å². The number of rotatable bonds is 4. The lowest BCUT2D eigenvalue weighted by Gasteiger charge is -2.11. The lowest BCUT2D eigenvalue weighted by molar-refractivity contribution is 1.18. The van der Waals surface area contributed by atoms with E-state index in [1.807, 2.05) is 0 Å². The highest BCUT2D eigenvalue weighted by atomic mass is 15.0. The Bertz CT molecular complexity index is 3160. The summed E-state index contributed by atoms with van der Waals surface area (Å²) in [6, 6.07) is 71.0. The van der Waals surface area contributed by atoms with Gasteiger partial charge in [-0.3, -0.25) is 0 Å². The maximum atomic E-state index is 2.46. The van der Waals surface area contributed by atoms with Gasteiger partial charge in [0.1, 0.15) is 0 Å². The zero-order valence-electron chi connectivity index (χ0n) is 28.4. The van der Waals surface area contributed by atoms with E-state index in [1.54, 1.807) is 0 Å². The second-order valence-corrected chi connectivity index (χ2v) is 13.8. The molecule has 0 unspecified atom stereocenters. The Morgan fingerprint density at radius 2 is 0.692 bits per heavy atom. The summed E-state index contributed by atoms with van der Waals surface area (Å²) in [5, 5.41) is 10.0. The first kappa shape index (κ1) is 28.9. The number of hydrogen-bond acceptors (Lipinski definition) is 0. The Balaban J connectivity index is 1.22. The van der Waals surface area contributed by atoms with Crippen molar-refractivity contribution >= 4 is 65.2 Å². The van der Waals surface area contributed by atoms with Gasteiger partial charge < -0.3 is 9.13 Å². The van der Waals surface area contributed by atoms with Crippen molar-refractivity contribution in [2.24, 2.45) is 0 Å². The summed E-state index contributed by atoms with van der Waals surface area (Å²) in [4.78, 5) is 0. The van der Waals surface area contributed by atoms with Gasteiger partial charge in [0.2, 0.25) is 0 Å². The third-order valence-corrected chi connectivity index (χ3v) is 10.9. The quantitative estimate of drug-likeness (QED) is 0.178. The molecule has 0 saturated heterocycles. The van der Waals surface area contributed by atoms with E-state index in [-0.39, 0.29) is 0 Å². The molecule has 2 heteroatoms. The fourth-order valence-electron chi connectivity index (χ4n) is 8.42. The van der Waals surface area contributed by atoms with E-state index in [0.717, 1.165) is 5.69 Å². The maximum Gasteiger partial charge on any atom is 0.0548 e.